The lowest BCUT2D eigenvalue weighted by Gasteiger charge is -2.18. The van der Waals surface area contributed by atoms with E-state index in [4.69, 9.17) is 0 Å². The molecule has 0 atom stereocenters. The normalized spacial score (nSPS) is 12.4. The number of fused-ring (bicyclic) bond motifs is 1. The number of benzene rings is 2. The predicted octanol–water partition coefficient (Wildman–Crippen LogP) is 4.54. The van der Waals surface area contributed by atoms with Gasteiger partial charge < -0.3 is 15.4 Å². The van der Waals surface area contributed by atoms with Crippen molar-refractivity contribution in [1.29, 1.82) is 5.26 Å². The first kappa shape index (κ1) is 19.2. The van der Waals surface area contributed by atoms with E-state index >= 15 is 0 Å². The van der Waals surface area contributed by atoms with Crippen LogP contribution < -0.4 is 5.32 Å². The van der Waals surface area contributed by atoms with Crippen LogP contribution >= 0.6 is 0 Å². The van der Waals surface area contributed by atoms with Gasteiger partial charge in [-0.1, -0.05) is 45.0 Å². The molecular formula is C22H22N4O2. The van der Waals surface area contributed by atoms with Gasteiger partial charge in [0, 0.05) is 16.7 Å². The number of aromatic nitrogens is 2. The highest BCUT2D eigenvalue weighted by atomic mass is 16.3. The minimum absolute atomic E-state index is 0.0348. The number of carbonyl (C=O) groups excluding carboxylic acids is 1. The van der Waals surface area contributed by atoms with Crippen LogP contribution in [0.25, 0.3) is 22.4 Å². The molecular weight excluding hydrogens is 352 g/mol. The predicted molar refractivity (Wildman–Crippen MR) is 111 cm³/mol. The average Bonchev–Trinajstić information content (AvgIpc) is 3.09. The summed E-state index contributed by atoms with van der Waals surface area (Å²) in [5, 5.41) is 23.6. The average molecular weight is 374 g/mol. The Morgan fingerprint density at radius 1 is 1.18 bits per heavy atom. The molecule has 3 N–H and O–H groups in total. The number of nitrogens with zero attached hydrogens (tertiary/aromatic N) is 2. The van der Waals surface area contributed by atoms with Crippen LogP contribution in [0.4, 0.5) is 5.69 Å². The molecule has 0 amide bonds. The van der Waals surface area contributed by atoms with Crippen LogP contribution in [0, 0.1) is 16.7 Å². The second kappa shape index (κ2) is 7.57. The van der Waals surface area contributed by atoms with Gasteiger partial charge in [0.15, 0.2) is 11.6 Å². The number of imidazole rings is 1. The van der Waals surface area contributed by atoms with Crippen molar-refractivity contribution in [3.8, 4) is 6.07 Å². The van der Waals surface area contributed by atoms with E-state index in [0.29, 0.717) is 22.6 Å². The van der Waals surface area contributed by atoms with Gasteiger partial charge in [-0.3, -0.25) is 4.79 Å². The third-order valence-electron chi connectivity index (χ3n) is 4.43. The number of hydrogen-bond donors (Lipinski definition) is 3. The van der Waals surface area contributed by atoms with Crippen molar-refractivity contribution in [3.63, 3.8) is 0 Å². The summed E-state index contributed by atoms with van der Waals surface area (Å²) in [5.41, 5.74) is 2.06. The van der Waals surface area contributed by atoms with Gasteiger partial charge in [-0.05, 0) is 24.3 Å². The zero-order valence-corrected chi connectivity index (χ0v) is 16.1. The number of Topliss-reactive ketones (excluding diaryl/α,β-unsaturated/α-hetero) is 1. The number of ketones is 1. The minimum atomic E-state index is -0.466. The lowest BCUT2D eigenvalue weighted by molar-refractivity contribution is -0.124. The molecule has 28 heavy (non-hydrogen) atoms. The lowest BCUT2D eigenvalue weighted by Crippen LogP contribution is -2.27. The van der Waals surface area contributed by atoms with E-state index in [9.17, 15) is 15.2 Å². The van der Waals surface area contributed by atoms with Crippen molar-refractivity contribution >= 4 is 33.8 Å². The highest BCUT2D eigenvalue weighted by molar-refractivity contribution is 5.97. The van der Waals surface area contributed by atoms with Crippen LogP contribution in [0.15, 0.2) is 48.5 Å². The Bertz CT molecular complexity index is 1060. The lowest BCUT2D eigenvalue weighted by atomic mass is 9.91. The first-order valence-corrected chi connectivity index (χ1v) is 8.96. The van der Waals surface area contributed by atoms with Crippen LogP contribution in [-0.4, -0.2) is 27.4 Å². The fraction of sp³-hybridized carbons (Fsp3) is 0.227. The van der Waals surface area contributed by atoms with Crippen LogP contribution in [0.2, 0.25) is 0 Å². The van der Waals surface area contributed by atoms with Crippen molar-refractivity contribution < 1.29 is 9.90 Å². The molecule has 3 aromatic rings. The standard InChI is InChI=1S/C22H22N4O2/c1-22(2,3)19(27)13-24-16-9-5-4-8-14(16)20(28)15(12-23)21-25-17-10-6-7-11-18(17)26-21/h4-11,24,28H,13H2,1-3H3,(H,25,26)/b20-15-. The number of H-pyrrole nitrogens is 1. The number of para-hydroxylation sites is 3. The van der Waals surface area contributed by atoms with E-state index in [1.807, 2.05) is 51.1 Å². The van der Waals surface area contributed by atoms with Gasteiger partial charge in [0.25, 0.3) is 0 Å². The van der Waals surface area contributed by atoms with Crippen LogP contribution in [0.5, 0.6) is 0 Å². The third-order valence-corrected chi connectivity index (χ3v) is 4.43. The van der Waals surface area contributed by atoms with E-state index < -0.39 is 5.41 Å². The molecule has 0 aliphatic heterocycles. The maximum Gasteiger partial charge on any atom is 0.157 e. The molecule has 0 unspecified atom stereocenters. The van der Waals surface area contributed by atoms with Crippen molar-refractivity contribution in [3.05, 3.63) is 59.9 Å². The quantitative estimate of drug-likeness (QED) is 0.449. The molecule has 6 heteroatoms. The highest BCUT2D eigenvalue weighted by Gasteiger charge is 2.22. The number of carbonyl (C=O) groups is 1. The Morgan fingerprint density at radius 3 is 2.54 bits per heavy atom. The topological polar surface area (TPSA) is 102 Å². The molecule has 1 aromatic heterocycles. The zero-order chi connectivity index (χ0) is 20.3. The van der Waals surface area contributed by atoms with Gasteiger partial charge >= 0.3 is 0 Å². The van der Waals surface area contributed by atoms with Crippen LogP contribution in [0.1, 0.15) is 32.2 Å². The van der Waals surface area contributed by atoms with E-state index in [-0.39, 0.29) is 23.7 Å². The molecule has 142 valence electrons. The second-order valence-electron chi connectivity index (χ2n) is 7.51. The Hall–Kier alpha value is -3.59. The summed E-state index contributed by atoms with van der Waals surface area (Å²) in [6.45, 7) is 5.70. The number of hydrogen-bond acceptors (Lipinski definition) is 5. The summed E-state index contributed by atoms with van der Waals surface area (Å²) >= 11 is 0. The smallest absolute Gasteiger partial charge is 0.157 e. The first-order valence-electron chi connectivity index (χ1n) is 8.96. The van der Waals surface area contributed by atoms with Crippen molar-refractivity contribution in [1.82, 2.24) is 9.97 Å². The molecule has 0 saturated heterocycles. The summed E-state index contributed by atoms with van der Waals surface area (Å²) in [6, 6.07) is 16.4. The summed E-state index contributed by atoms with van der Waals surface area (Å²) in [6.07, 6.45) is 0. The molecule has 0 aliphatic carbocycles. The Kier molecular flexibility index (Phi) is 5.18. The Labute approximate surface area is 163 Å². The highest BCUT2D eigenvalue weighted by Crippen LogP contribution is 2.29. The third kappa shape index (κ3) is 3.89. The van der Waals surface area contributed by atoms with E-state index in [1.54, 1.807) is 24.3 Å². The van der Waals surface area contributed by atoms with Crippen molar-refractivity contribution in [2.75, 3.05) is 11.9 Å². The van der Waals surface area contributed by atoms with Gasteiger partial charge in [-0.15, -0.1) is 0 Å². The maximum atomic E-state index is 12.2. The summed E-state index contributed by atoms with van der Waals surface area (Å²) in [5.74, 6) is 0.137. The number of rotatable bonds is 5. The number of allylic oxidation sites excluding steroid dienone is 1. The zero-order valence-electron chi connectivity index (χ0n) is 16.1. The van der Waals surface area contributed by atoms with Gasteiger partial charge in [0.1, 0.15) is 17.4 Å². The van der Waals surface area contributed by atoms with E-state index in [1.165, 1.54) is 0 Å². The molecule has 0 radical (unpaired) electrons. The molecule has 0 bridgehead atoms. The molecule has 0 saturated carbocycles. The monoisotopic (exact) mass is 374 g/mol. The van der Waals surface area contributed by atoms with E-state index in [0.717, 1.165) is 5.52 Å². The van der Waals surface area contributed by atoms with Crippen LogP contribution in [0.3, 0.4) is 0 Å². The number of nitriles is 1. The van der Waals surface area contributed by atoms with Crippen LogP contribution in [-0.2, 0) is 4.79 Å². The molecule has 3 rings (SSSR count). The maximum absolute atomic E-state index is 12.2. The SMILES string of the molecule is CC(C)(C)C(=O)CNc1ccccc1/C(O)=C(\C#N)c1nc2ccccc2[nH]1. The van der Waals surface area contributed by atoms with Gasteiger partial charge in [-0.2, -0.15) is 5.26 Å². The minimum Gasteiger partial charge on any atom is -0.506 e. The number of nitrogens with one attached hydrogen (secondary N) is 2. The Morgan fingerprint density at radius 2 is 1.86 bits per heavy atom. The van der Waals surface area contributed by atoms with Gasteiger partial charge in [0.05, 0.1) is 17.6 Å². The van der Waals surface area contributed by atoms with Crippen molar-refractivity contribution in [2.24, 2.45) is 5.41 Å². The van der Waals surface area contributed by atoms with Gasteiger partial charge in [0.2, 0.25) is 0 Å². The molecule has 0 spiro atoms. The number of anilines is 1. The molecule has 0 aliphatic rings. The summed E-state index contributed by atoms with van der Waals surface area (Å²) in [4.78, 5) is 19.7. The second-order valence-corrected chi connectivity index (χ2v) is 7.51. The molecule has 6 nitrogen and oxygen atoms in total. The number of aliphatic hydroxyl groups is 1. The largest absolute Gasteiger partial charge is 0.506 e. The summed E-state index contributed by atoms with van der Waals surface area (Å²) < 4.78 is 0. The molecule has 0 fully saturated rings. The molecule has 1 heterocycles. The first-order chi connectivity index (χ1) is 13.3. The number of aromatic amines is 1. The Balaban J connectivity index is 1.99. The molecule has 2 aromatic carbocycles. The fourth-order valence-corrected chi connectivity index (χ4v) is 2.71. The van der Waals surface area contributed by atoms with E-state index in [2.05, 4.69) is 15.3 Å². The van der Waals surface area contributed by atoms with Crippen molar-refractivity contribution in [2.45, 2.75) is 20.8 Å². The number of aliphatic hydroxyl groups excluding tert-OH is 1. The fourth-order valence-electron chi connectivity index (χ4n) is 2.71. The summed E-state index contributed by atoms with van der Waals surface area (Å²) in [7, 11) is 0. The van der Waals surface area contributed by atoms with Gasteiger partial charge in [-0.25, -0.2) is 4.98 Å².